The highest BCUT2D eigenvalue weighted by molar-refractivity contribution is 5.49. The Morgan fingerprint density at radius 3 is 2.24 bits per heavy atom. The van der Waals surface area contributed by atoms with Crippen molar-refractivity contribution in [2.24, 2.45) is 5.73 Å². The van der Waals surface area contributed by atoms with Gasteiger partial charge >= 0.3 is 5.69 Å². The van der Waals surface area contributed by atoms with Gasteiger partial charge in [0.1, 0.15) is 0 Å². The summed E-state index contributed by atoms with van der Waals surface area (Å²) in [7, 11) is 0. The van der Waals surface area contributed by atoms with Gasteiger partial charge < -0.3 is 10.5 Å². The van der Waals surface area contributed by atoms with Crippen molar-refractivity contribution < 1.29 is 22.8 Å². The van der Waals surface area contributed by atoms with Crippen molar-refractivity contribution in [3.8, 4) is 11.5 Å². The van der Waals surface area contributed by atoms with Crippen LogP contribution in [0, 0.1) is 27.6 Å². The number of benzene rings is 2. The van der Waals surface area contributed by atoms with Gasteiger partial charge in [0.2, 0.25) is 5.75 Å². The van der Waals surface area contributed by atoms with E-state index in [0.29, 0.717) is 0 Å². The fourth-order valence-electron chi connectivity index (χ4n) is 1.67. The first-order valence-corrected chi connectivity index (χ1v) is 5.72. The third-order valence-corrected chi connectivity index (χ3v) is 2.64. The van der Waals surface area contributed by atoms with Crippen LogP contribution >= 0.6 is 0 Å². The number of nitrogens with two attached hydrogens (primary N) is 1. The van der Waals surface area contributed by atoms with Crippen LogP contribution in [0.2, 0.25) is 0 Å². The lowest BCUT2D eigenvalue weighted by molar-refractivity contribution is -0.385. The minimum atomic E-state index is -1.13. The first-order chi connectivity index (χ1) is 9.93. The Balaban J connectivity index is 2.51. The highest BCUT2D eigenvalue weighted by Gasteiger charge is 2.23. The monoisotopic (exact) mass is 298 g/mol. The average molecular weight is 298 g/mol. The first-order valence-electron chi connectivity index (χ1n) is 5.72. The van der Waals surface area contributed by atoms with Gasteiger partial charge in [-0.05, 0) is 23.8 Å². The van der Waals surface area contributed by atoms with Crippen LogP contribution < -0.4 is 10.5 Å². The van der Waals surface area contributed by atoms with Crippen LogP contribution in [-0.4, -0.2) is 4.92 Å². The summed E-state index contributed by atoms with van der Waals surface area (Å²) in [6.07, 6.45) is 0. The number of nitro groups is 1. The molecule has 0 aliphatic rings. The molecule has 0 saturated heterocycles. The maximum Gasteiger partial charge on any atom is 0.314 e. The number of para-hydroxylation sites is 1. The summed E-state index contributed by atoms with van der Waals surface area (Å²) >= 11 is 0. The van der Waals surface area contributed by atoms with Gasteiger partial charge in [-0.25, -0.2) is 13.2 Å². The average Bonchev–Trinajstić information content (AvgIpc) is 2.43. The van der Waals surface area contributed by atoms with Gasteiger partial charge in [-0.1, -0.05) is 6.07 Å². The number of hydrogen-bond donors (Lipinski definition) is 1. The molecular formula is C13H9F3N2O3. The molecule has 5 nitrogen and oxygen atoms in total. The zero-order chi connectivity index (χ0) is 15.6. The lowest BCUT2D eigenvalue weighted by atomic mass is 10.2. The fraction of sp³-hybridized carbons (Fsp3) is 0.0769. The Morgan fingerprint density at radius 1 is 1.10 bits per heavy atom. The van der Waals surface area contributed by atoms with E-state index in [-0.39, 0.29) is 12.1 Å². The summed E-state index contributed by atoms with van der Waals surface area (Å²) < 4.78 is 45.8. The molecule has 0 unspecified atom stereocenters. The number of ether oxygens (including phenoxy) is 1. The van der Waals surface area contributed by atoms with E-state index in [1.165, 1.54) is 0 Å². The molecule has 0 saturated carbocycles. The summed E-state index contributed by atoms with van der Waals surface area (Å²) in [5.41, 5.74) is 4.68. The van der Waals surface area contributed by atoms with Gasteiger partial charge in [-0.3, -0.25) is 10.1 Å². The van der Waals surface area contributed by atoms with Crippen molar-refractivity contribution in [3.63, 3.8) is 0 Å². The fourth-order valence-corrected chi connectivity index (χ4v) is 1.67. The lowest BCUT2D eigenvalue weighted by Gasteiger charge is -2.10. The molecule has 0 bridgehead atoms. The molecule has 0 fully saturated rings. The van der Waals surface area contributed by atoms with Crippen LogP contribution in [-0.2, 0) is 6.54 Å². The minimum Gasteiger partial charge on any atom is -0.441 e. The van der Waals surface area contributed by atoms with Crippen molar-refractivity contribution in [2.75, 3.05) is 0 Å². The third kappa shape index (κ3) is 2.95. The van der Waals surface area contributed by atoms with Gasteiger partial charge in [-0.15, -0.1) is 0 Å². The summed E-state index contributed by atoms with van der Waals surface area (Å²) in [6, 6.07) is 4.75. The second-order valence-corrected chi connectivity index (χ2v) is 4.04. The van der Waals surface area contributed by atoms with Crippen LogP contribution in [0.15, 0.2) is 30.3 Å². The number of nitro benzene ring substituents is 1. The molecule has 0 radical (unpaired) electrons. The van der Waals surface area contributed by atoms with E-state index in [0.717, 1.165) is 30.3 Å². The number of rotatable bonds is 4. The first kappa shape index (κ1) is 14.8. The molecule has 0 aliphatic carbocycles. The van der Waals surface area contributed by atoms with E-state index >= 15 is 0 Å². The largest absolute Gasteiger partial charge is 0.441 e. The summed E-state index contributed by atoms with van der Waals surface area (Å²) in [5, 5.41) is 10.8. The highest BCUT2D eigenvalue weighted by Crippen LogP contribution is 2.36. The molecule has 2 aromatic carbocycles. The van der Waals surface area contributed by atoms with Crippen LogP contribution in [0.1, 0.15) is 5.56 Å². The number of hydrogen-bond acceptors (Lipinski definition) is 4. The van der Waals surface area contributed by atoms with E-state index in [9.17, 15) is 23.3 Å². The molecule has 0 atom stereocenters. The Bertz CT molecular complexity index is 684. The summed E-state index contributed by atoms with van der Waals surface area (Å²) in [5.74, 6) is -5.16. The van der Waals surface area contributed by atoms with E-state index in [4.69, 9.17) is 10.5 Å². The van der Waals surface area contributed by atoms with Gasteiger partial charge in [-0.2, -0.15) is 0 Å². The van der Waals surface area contributed by atoms with Crippen LogP contribution in [0.3, 0.4) is 0 Å². The molecule has 8 heteroatoms. The smallest absolute Gasteiger partial charge is 0.314 e. The number of nitrogens with zero attached hydrogens (tertiary/aromatic N) is 1. The van der Waals surface area contributed by atoms with E-state index < -0.39 is 39.6 Å². The molecule has 2 rings (SSSR count). The Hall–Kier alpha value is -2.61. The Kier molecular flexibility index (Phi) is 4.08. The summed E-state index contributed by atoms with van der Waals surface area (Å²) in [6.45, 7) is -0.103. The van der Waals surface area contributed by atoms with E-state index in [1.807, 2.05) is 0 Å². The normalized spacial score (nSPS) is 10.5. The Morgan fingerprint density at radius 2 is 1.71 bits per heavy atom. The molecule has 0 heterocycles. The topological polar surface area (TPSA) is 78.4 Å². The standard InChI is InChI=1S/C13H9F3N2O3/c14-8-2-1-3-11(18(19)20)13(8)21-12-9(15)4-7(6-17)5-10(12)16/h1-5H,6,17H2. The van der Waals surface area contributed by atoms with E-state index in [1.54, 1.807) is 0 Å². The van der Waals surface area contributed by atoms with Crippen molar-refractivity contribution in [1.82, 2.24) is 0 Å². The van der Waals surface area contributed by atoms with E-state index in [2.05, 4.69) is 0 Å². The zero-order valence-electron chi connectivity index (χ0n) is 10.5. The second-order valence-electron chi connectivity index (χ2n) is 4.04. The lowest BCUT2D eigenvalue weighted by Crippen LogP contribution is -2.02. The molecule has 2 aromatic rings. The predicted octanol–water partition coefficient (Wildman–Crippen LogP) is 3.26. The van der Waals surface area contributed by atoms with Gasteiger partial charge in [0, 0.05) is 12.6 Å². The van der Waals surface area contributed by atoms with Crippen molar-refractivity contribution >= 4 is 5.69 Å². The molecule has 21 heavy (non-hydrogen) atoms. The quantitative estimate of drug-likeness (QED) is 0.694. The van der Waals surface area contributed by atoms with Crippen LogP contribution in [0.25, 0.3) is 0 Å². The van der Waals surface area contributed by atoms with Gasteiger partial charge in [0.05, 0.1) is 4.92 Å². The molecular weight excluding hydrogens is 289 g/mol. The summed E-state index contributed by atoms with van der Waals surface area (Å²) in [4.78, 5) is 9.88. The molecule has 0 aliphatic heterocycles. The third-order valence-electron chi connectivity index (χ3n) is 2.64. The maximum absolute atomic E-state index is 13.7. The van der Waals surface area contributed by atoms with Crippen molar-refractivity contribution in [2.45, 2.75) is 6.54 Å². The molecule has 2 N–H and O–H groups in total. The molecule has 110 valence electrons. The highest BCUT2D eigenvalue weighted by atomic mass is 19.1. The molecule has 0 aromatic heterocycles. The predicted molar refractivity (Wildman–Crippen MR) is 67.4 cm³/mol. The zero-order valence-corrected chi connectivity index (χ0v) is 10.5. The van der Waals surface area contributed by atoms with Crippen LogP contribution in [0.4, 0.5) is 18.9 Å². The van der Waals surface area contributed by atoms with Crippen molar-refractivity contribution in [1.29, 1.82) is 0 Å². The maximum atomic E-state index is 13.7. The second kappa shape index (κ2) is 5.80. The van der Waals surface area contributed by atoms with Gasteiger partial charge in [0.25, 0.3) is 0 Å². The number of halogens is 3. The Labute approximate surface area is 116 Å². The minimum absolute atomic E-state index is 0.103. The molecule has 0 amide bonds. The SMILES string of the molecule is NCc1cc(F)c(Oc2c(F)cccc2[N+](=O)[O-])c(F)c1. The van der Waals surface area contributed by atoms with Gasteiger partial charge in [0.15, 0.2) is 23.2 Å². The molecule has 0 spiro atoms. The van der Waals surface area contributed by atoms with Crippen molar-refractivity contribution in [3.05, 3.63) is 63.5 Å². The van der Waals surface area contributed by atoms with Crippen LogP contribution in [0.5, 0.6) is 11.5 Å².